The molecular formula is C22H26N4O. The number of carbonyl (C=O) groups excluding carboxylic acids is 1. The third kappa shape index (κ3) is 4.42. The Balaban J connectivity index is 1.65. The highest BCUT2D eigenvalue weighted by molar-refractivity contribution is 5.94. The largest absolute Gasteiger partial charge is 0.352 e. The zero-order valence-corrected chi connectivity index (χ0v) is 16.2. The Kier molecular flexibility index (Phi) is 6.01. The Bertz CT molecular complexity index is 898. The number of nitrogens with one attached hydrogen (secondary N) is 1. The summed E-state index contributed by atoms with van der Waals surface area (Å²) in [5.41, 5.74) is 6.15. The van der Waals surface area contributed by atoms with E-state index in [2.05, 4.69) is 36.2 Å². The molecule has 0 bridgehead atoms. The molecule has 2 heterocycles. The average Bonchev–Trinajstić information content (AvgIpc) is 2.97. The van der Waals surface area contributed by atoms with Gasteiger partial charge in [0.05, 0.1) is 11.4 Å². The van der Waals surface area contributed by atoms with Crippen molar-refractivity contribution in [1.82, 2.24) is 20.1 Å². The predicted molar refractivity (Wildman–Crippen MR) is 107 cm³/mol. The summed E-state index contributed by atoms with van der Waals surface area (Å²) in [5, 5.41) is 7.61. The maximum atomic E-state index is 12.3. The molecule has 0 saturated carbocycles. The molecule has 27 heavy (non-hydrogen) atoms. The number of aromatic nitrogens is 3. The number of nitrogens with zero attached hydrogens (tertiary/aromatic N) is 3. The fraction of sp³-hybridized carbons (Fsp3) is 0.318. The van der Waals surface area contributed by atoms with Crippen LogP contribution in [0.15, 0.2) is 48.7 Å². The van der Waals surface area contributed by atoms with Gasteiger partial charge in [-0.1, -0.05) is 19.4 Å². The molecule has 0 unspecified atom stereocenters. The van der Waals surface area contributed by atoms with Crippen molar-refractivity contribution in [3.63, 3.8) is 0 Å². The maximum Gasteiger partial charge on any atom is 0.251 e. The topological polar surface area (TPSA) is 59.8 Å². The van der Waals surface area contributed by atoms with Crippen LogP contribution in [0.25, 0.3) is 5.69 Å². The number of aryl methyl sites for hydroxylation is 1. The second kappa shape index (κ2) is 8.62. The summed E-state index contributed by atoms with van der Waals surface area (Å²) in [6.45, 7) is 6.90. The molecule has 0 saturated heterocycles. The first-order valence-electron chi connectivity index (χ1n) is 9.43. The molecule has 0 radical (unpaired) electrons. The molecule has 1 aromatic carbocycles. The molecule has 3 rings (SSSR count). The van der Waals surface area contributed by atoms with Crippen molar-refractivity contribution in [2.75, 3.05) is 6.54 Å². The summed E-state index contributed by atoms with van der Waals surface area (Å²) < 4.78 is 1.96. The summed E-state index contributed by atoms with van der Waals surface area (Å²) in [5.74, 6) is -0.0717. The van der Waals surface area contributed by atoms with Gasteiger partial charge in [-0.3, -0.25) is 9.78 Å². The Morgan fingerprint density at radius 2 is 1.85 bits per heavy atom. The van der Waals surface area contributed by atoms with Crippen molar-refractivity contribution in [3.05, 3.63) is 76.9 Å². The number of carbonyl (C=O) groups is 1. The van der Waals surface area contributed by atoms with E-state index in [4.69, 9.17) is 0 Å². The van der Waals surface area contributed by atoms with E-state index in [1.54, 1.807) is 6.20 Å². The van der Waals surface area contributed by atoms with Gasteiger partial charge in [-0.25, -0.2) is 4.68 Å². The minimum absolute atomic E-state index is 0.0717. The Labute approximate surface area is 160 Å². The molecule has 3 aromatic rings. The zero-order valence-electron chi connectivity index (χ0n) is 16.2. The van der Waals surface area contributed by atoms with Gasteiger partial charge in [0.15, 0.2) is 0 Å². The van der Waals surface area contributed by atoms with E-state index < -0.39 is 0 Å². The number of pyridine rings is 1. The van der Waals surface area contributed by atoms with Crippen molar-refractivity contribution in [3.8, 4) is 5.69 Å². The Morgan fingerprint density at radius 1 is 1.07 bits per heavy atom. The average molecular weight is 362 g/mol. The second-order valence-electron chi connectivity index (χ2n) is 6.69. The van der Waals surface area contributed by atoms with Crippen LogP contribution in [0.2, 0.25) is 0 Å². The molecule has 0 spiro atoms. The van der Waals surface area contributed by atoms with Crippen LogP contribution in [0, 0.1) is 13.8 Å². The lowest BCUT2D eigenvalue weighted by molar-refractivity contribution is 0.0954. The summed E-state index contributed by atoms with van der Waals surface area (Å²) in [6, 6.07) is 13.4. The third-order valence-electron chi connectivity index (χ3n) is 4.71. The highest BCUT2D eigenvalue weighted by Crippen LogP contribution is 2.19. The standard InChI is InChI=1S/C22H26N4O/c1-4-7-21-16(2)25-26(17(21)3)20-11-9-18(10-12-20)22(27)24-15-13-19-8-5-6-14-23-19/h5-6,8-12,14H,4,7,13,15H2,1-3H3,(H,24,27). The number of hydrogen-bond acceptors (Lipinski definition) is 3. The first kappa shape index (κ1) is 18.8. The van der Waals surface area contributed by atoms with Gasteiger partial charge < -0.3 is 5.32 Å². The van der Waals surface area contributed by atoms with Gasteiger partial charge in [-0.2, -0.15) is 5.10 Å². The molecule has 2 aromatic heterocycles. The van der Waals surface area contributed by atoms with Gasteiger partial charge in [0.25, 0.3) is 5.91 Å². The monoisotopic (exact) mass is 362 g/mol. The minimum Gasteiger partial charge on any atom is -0.352 e. The molecule has 140 valence electrons. The molecule has 5 nitrogen and oxygen atoms in total. The van der Waals surface area contributed by atoms with Crippen molar-refractivity contribution >= 4 is 5.91 Å². The van der Waals surface area contributed by atoms with Gasteiger partial charge in [0.2, 0.25) is 0 Å². The van der Waals surface area contributed by atoms with Gasteiger partial charge >= 0.3 is 0 Å². The van der Waals surface area contributed by atoms with E-state index >= 15 is 0 Å². The van der Waals surface area contributed by atoms with Gasteiger partial charge in [-0.05, 0) is 62.2 Å². The van der Waals surface area contributed by atoms with Gasteiger partial charge in [-0.15, -0.1) is 0 Å². The summed E-state index contributed by atoms with van der Waals surface area (Å²) in [4.78, 5) is 16.6. The predicted octanol–water partition coefficient (Wildman–Crippen LogP) is 3.81. The number of amides is 1. The van der Waals surface area contributed by atoms with Crippen LogP contribution in [-0.2, 0) is 12.8 Å². The van der Waals surface area contributed by atoms with Crippen molar-refractivity contribution < 1.29 is 4.79 Å². The molecule has 0 atom stereocenters. The molecule has 0 fully saturated rings. The lowest BCUT2D eigenvalue weighted by Gasteiger charge is -2.08. The van der Waals surface area contributed by atoms with Crippen LogP contribution >= 0.6 is 0 Å². The highest BCUT2D eigenvalue weighted by atomic mass is 16.1. The first-order valence-corrected chi connectivity index (χ1v) is 9.43. The zero-order chi connectivity index (χ0) is 19.2. The molecule has 5 heteroatoms. The van der Waals surface area contributed by atoms with Crippen LogP contribution in [-0.4, -0.2) is 27.2 Å². The SMILES string of the molecule is CCCc1c(C)nn(-c2ccc(C(=O)NCCc3ccccn3)cc2)c1C. The van der Waals surface area contributed by atoms with Crippen LogP contribution < -0.4 is 5.32 Å². The summed E-state index contributed by atoms with van der Waals surface area (Å²) >= 11 is 0. The van der Waals surface area contributed by atoms with Crippen molar-refractivity contribution in [2.45, 2.75) is 40.0 Å². The minimum atomic E-state index is -0.0717. The van der Waals surface area contributed by atoms with Gasteiger partial charge in [0.1, 0.15) is 0 Å². The van der Waals surface area contributed by atoms with Gasteiger partial charge in [0, 0.05) is 36.1 Å². The van der Waals surface area contributed by atoms with E-state index in [-0.39, 0.29) is 5.91 Å². The van der Waals surface area contributed by atoms with Crippen molar-refractivity contribution in [2.24, 2.45) is 0 Å². The lowest BCUT2D eigenvalue weighted by atomic mass is 10.1. The number of benzene rings is 1. The van der Waals surface area contributed by atoms with E-state index in [0.717, 1.165) is 36.3 Å². The Morgan fingerprint density at radius 3 is 2.52 bits per heavy atom. The van der Waals surface area contributed by atoms with Crippen molar-refractivity contribution in [1.29, 1.82) is 0 Å². The highest BCUT2D eigenvalue weighted by Gasteiger charge is 2.12. The molecule has 0 aliphatic heterocycles. The molecule has 0 aliphatic rings. The number of rotatable bonds is 7. The van der Waals surface area contributed by atoms with Crippen LogP contribution in [0.3, 0.4) is 0 Å². The van der Waals surface area contributed by atoms with E-state index in [9.17, 15) is 4.79 Å². The number of hydrogen-bond donors (Lipinski definition) is 1. The van der Waals surface area contributed by atoms with E-state index in [1.165, 1.54) is 11.3 Å². The fourth-order valence-electron chi connectivity index (χ4n) is 3.24. The van der Waals surface area contributed by atoms with E-state index in [0.29, 0.717) is 12.1 Å². The van der Waals surface area contributed by atoms with E-state index in [1.807, 2.05) is 47.1 Å². The molecular weight excluding hydrogens is 336 g/mol. The van der Waals surface area contributed by atoms with Crippen LogP contribution in [0.1, 0.15) is 46.3 Å². The quantitative estimate of drug-likeness (QED) is 0.695. The smallest absolute Gasteiger partial charge is 0.251 e. The first-order chi connectivity index (χ1) is 13.1. The summed E-state index contributed by atoms with van der Waals surface area (Å²) in [7, 11) is 0. The summed E-state index contributed by atoms with van der Waals surface area (Å²) in [6.07, 6.45) is 4.62. The Hall–Kier alpha value is -2.95. The third-order valence-corrected chi connectivity index (χ3v) is 4.71. The molecule has 0 aliphatic carbocycles. The molecule has 1 N–H and O–H groups in total. The maximum absolute atomic E-state index is 12.3. The normalized spacial score (nSPS) is 10.8. The fourth-order valence-corrected chi connectivity index (χ4v) is 3.24. The lowest BCUT2D eigenvalue weighted by Crippen LogP contribution is -2.25. The van der Waals surface area contributed by atoms with Crippen LogP contribution in [0.4, 0.5) is 0 Å². The van der Waals surface area contributed by atoms with Crippen LogP contribution in [0.5, 0.6) is 0 Å². The molecule has 1 amide bonds. The second-order valence-corrected chi connectivity index (χ2v) is 6.69.